The lowest BCUT2D eigenvalue weighted by molar-refractivity contribution is 0.419. The first-order chi connectivity index (χ1) is 10.4. The molecular weight excluding hydrogens is 274 g/mol. The summed E-state index contributed by atoms with van der Waals surface area (Å²) >= 11 is 2.19. The van der Waals surface area contributed by atoms with Crippen LogP contribution in [0.2, 0.25) is 0 Å². The Morgan fingerprint density at radius 3 is 2.33 bits per heavy atom. The molecule has 2 saturated carbocycles. The van der Waals surface area contributed by atoms with Gasteiger partial charge in [-0.3, -0.25) is 0 Å². The van der Waals surface area contributed by atoms with Gasteiger partial charge in [-0.15, -0.1) is 0 Å². The van der Waals surface area contributed by atoms with Crippen molar-refractivity contribution in [1.82, 2.24) is 5.32 Å². The van der Waals surface area contributed by atoms with E-state index in [0.29, 0.717) is 6.04 Å². The normalized spacial score (nSPS) is 21.4. The highest BCUT2D eigenvalue weighted by Gasteiger charge is 2.21. The van der Waals surface area contributed by atoms with Crippen molar-refractivity contribution >= 4 is 11.8 Å². The van der Waals surface area contributed by atoms with Crippen LogP contribution >= 0.6 is 11.8 Å². The van der Waals surface area contributed by atoms with Crippen molar-refractivity contribution in [2.75, 3.05) is 12.3 Å². The lowest BCUT2D eigenvalue weighted by Crippen LogP contribution is -2.23. The minimum Gasteiger partial charge on any atom is -0.310 e. The van der Waals surface area contributed by atoms with E-state index in [1.807, 2.05) is 0 Å². The second-order valence-corrected chi connectivity index (χ2v) is 7.98. The molecule has 21 heavy (non-hydrogen) atoms. The molecule has 2 aliphatic carbocycles. The first-order valence-electron chi connectivity index (χ1n) is 8.81. The van der Waals surface area contributed by atoms with Crippen molar-refractivity contribution in [2.24, 2.45) is 0 Å². The first-order valence-corrected chi connectivity index (χ1v) is 9.86. The molecule has 2 aliphatic rings. The summed E-state index contributed by atoms with van der Waals surface area (Å²) in [4.78, 5) is 0. The fourth-order valence-corrected chi connectivity index (χ4v) is 4.99. The molecule has 116 valence electrons. The van der Waals surface area contributed by atoms with Crippen molar-refractivity contribution in [3.63, 3.8) is 0 Å². The van der Waals surface area contributed by atoms with E-state index in [1.54, 1.807) is 5.56 Å². The van der Waals surface area contributed by atoms with Crippen molar-refractivity contribution in [1.29, 1.82) is 0 Å². The Bertz CT molecular complexity index is 418. The van der Waals surface area contributed by atoms with Crippen LogP contribution in [0.5, 0.6) is 0 Å². The van der Waals surface area contributed by atoms with E-state index in [4.69, 9.17) is 0 Å². The molecule has 1 aromatic rings. The quantitative estimate of drug-likeness (QED) is 0.735. The third-order valence-electron chi connectivity index (χ3n) is 5.17. The summed E-state index contributed by atoms with van der Waals surface area (Å²) < 4.78 is 0. The maximum atomic E-state index is 3.68. The highest BCUT2D eigenvalue weighted by atomic mass is 32.2. The molecule has 0 saturated heterocycles. The Morgan fingerprint density at radius 2 is 1.76 bits per heavy atom. The molecule has 0 aliphatic heterocycles. The molecule has 0 amide bonds. The summed E-state index contributed by atoms with van der Waals surface area (Å²) in [5, 5.41) is 4.60. The van der Waals surface area contributed by atoms with Gasteiger partial charge in [0.05, 0.1) is 0 Å². The zero-order chi connectivity index (χ0) is 14.5. The van der Waals surface area contributed by atoms with Crippen LogP contribution in [0.25, 0.3) is 0 Å². The van der Waals surface area contributed by atoms with Crippen LogP contribution in [-0.4, -0.2) is 17.5 Å². The standard InChI is InChI=1S/C19H29NS/c1-2-20-19(14-21-18-8-3-4-9-18)17-12-10-16(11-13-17)15-6-5-7-15/h10-13,15,18-20H,2-9,14H2,1H3. The second-order valence-electron chi connectivity index (χ2n) is 6.64. The molecule has 1 atom stereocenters. The Labute approximate surface area is 134 Å². The van der Waals surface area contributed by atoms with Crippen LogP contribution in [0.1, 0.15) is 75.0 Å². The summed E-state index contributed by atoms with van der Waals surface area (Å²) in [7, 11) is 0. The first kappa shape index (κ1) is 15.4. The lowest BCUT2D eigenvalue weighted by Gasteiger charge is -2.26. The number of nitrogens with one attached hydrogen (secondary N) is 1. The molecule has 0 heterocycles. The van der Waals surface area contributed by atoms with Gasteiger partial charge in [0, 0.05) is 17.0 Å². The van der Waals surface area contributed by atoms with Gasteiger partial charge in [-0.05, 0) is 49.3 Å². The Hall–Kier alpha value is -0.470. The highest BCUT2D eigenvalue weighted by Crippen LogP contribution is 2.37. The van der Waals surface area contributed by atoms with Crippen LogP contribution in [-0.2, 0) is 0 Å². The van der Waals surface area contributed by atoms with Crippen LogP contribution in [0.15, 0.2) is 24.3 Å². The summed E-state index contributed by atoms with van der Waals surface area (Å²) in [6.45, 7) is 3.27. The molecule has 0 bridgehead atoms. The third kappa shape index (κ3) is 4.04. The van der Waals surface area contributed by atoms with Gasteiger partial charge in [-0.25, -0.2) is 0 Å². The molecule has 1 unspecified atom stereocenters. The Morgan fingerprint density at radius 1 is 1.05 bits per heavy atom. The molecular formula is C19H29NS. The maximum Gasteiger partial charge on any atom is 0.0411 e. The monoisotopic (exact) mass is 303 g/mol. The number of rotatable bonds is 7. The molecule has 1 aromatic carbocycles. The van der Waals surface area contributed by atoms with Gasteiger partial charge in [-0.2, -0.15) is 11.8 Å². The minimum atomic E-state index is 0.524. The zero-order valence-electron chi connectivity index (χ0n) is 13.3. The molecule has 2 heteroatoms. The average Bonchev–Trinajstić information content (AvgIpc) is 2.96. The molecule has 0 spiro atoms. The van der Waals surface area contributed by atoms with Crippen molar-refractivity contribution in [2.45, 2.75) is 69.1 Å². The summed E-state index contributed by atoms with van der Waals surface area (Å²) in [5.41, 5.74) is 3.04. The molecule has 1 N–H and O–H groups in total. The van der Waals surface area contributed by atoms with Crippen molar-refractivity contribution in [3.8, 4) is 0 Å². The van der Waals surface area contributed by atoms with E-state index in [2.05, 4.69) is 48.3 Å². The van der Waals surface area contributed by atoms with Crippen molar-refractivity contribution < 1.29 is 0 Å². The van der Waals surface area contributed by atoms with Crippen LogP contribution in [0.4, 0.5) is 0 Å². The SMILES string of the molecule is CCNC(CSC1CCCC1)c1ccc(C2CCC2)cc1. The molecule has 3 rings (SSSR count). The van der Waals surface area contributed by atoms with E-state index >= 15 is 0 Å². The lowest BCUT2D eigenvalue weighted by atomic mass is 9.80. The maximum absolute atomic E-state index is 3.68. The summed E-state index contributed by atoms with van der Waals surface area (Å²) in [6, 6.07) is 10.0. The van der Waals surface area contributed by atoms with Crippen LogP contribution < -0.4 is 5.32 Å². The smallest absolute Gasteiger partial charge is 0.0411 e. The van der Waals surface area contributed by atoms with E-state index in [1.165, 1.54) is 56.3 Å². The van der Waals surface area contributed by atoms with E-state index in [-0.39, 0.29) is 0 Å². The number of benzene rings is 1. The third-order valence-corrected chi connectivity index (χ3v) is 6.64. The predicted octanol–water partition coefficient (Wildman–Crippen LogP) is 5.28. The van der Waals surface area contributed by atoms with Gasteiger partial charge in [-0.1, -0.05) is 50.5 Å². The fourth-order valence-electron chi connectivity index (χ4n) is 3.55. The van der Waals surface area contributed by atoms with Gasteiger partial charge in [0.1, 0.15) is 0 Å². The molecule has 2 fully saturated rings. The highest BCUT2D eigenvalue weighted by molar-refractivity contribution is 7.99. The van der Waals surface area contributed by atoms with E-state index in [9.17, 15) is 0 Å². The molecule has 1 nitrogen and oxygen atoms in total. The Kier molecular flexibility index (Phi) is 5.65. The van der Waals surface area contributed by atoms with Gasteiger partial charge in [0.15, 0.2) is 0 Å². The minimum absolute atomic E-state index is 0.524. The summed E-state index contributed by atoms with van der Waals surface area (Å²) in [5.74, 6) is 2.07. The van der Waals surface area contributed by atoms with Gasteiger partial charge in [0.2, 0.25) is 0 Å². The van der Waals surface area contributed by atoms with Crippen LogP contribution in [0, 0.1) is 0 Å². The molecule has 0 aromatic heterocycles. The average molecular weight is 304 g/mol. The van der Waals surface area contributed by atoms with Gasteiger partial charge >= 0.3 is 0 Å². The van der Waals surface area contributed by atoms with Gasteiger partial charge < -0.3 is 5.32 Å². The topological polar surface area (TPSA) is 12.0 Å². The molecule has 0 radical (unpaired) electrons. The number of hydrogen-bond acceptors (Lipinski definition) is 2. The van der Waals surface area contributed by atoms with E-state index < -0.39 is 0 Å². The number of thioether (sulfide) groups is 1. The number of hydrogen-bond donors (Lipinski definition) is 1. The summed E-state index contributed by atoms with van der Waals surface area (Å²) in [6.07, 6.45) is 9.97. The fraction of sp³-hybridized carbons (Fsp3) is 0.684. The van der Waals surface area contributed by atoms with Crippen LogP contribution in [0.3, 0.4) is 0 Å². The van der Waals surface area contributed by atoms with E-state index in [0.717, 1.165) is 17.7 Å². The zero-order valence-corrected chi connectivity index (χ0v) is 14.1. The van der Waals surface area contributed by atoms with Gasteiger partial charge in [0.25, 0.3) is 0 Å². The Balaban J connectivity index is 1.58. The van der Waals surface area contributed by atoms with Crippen molar-refractivity contribution in [3.05, 3.63) is 35.4 Å². The second kappa shape index (κ2) is 7.69. The predicted molar refractivity (Wildman–Crippen MR) is 94.2 cm³/mol. The largest absolute Gasteiger partial charge is 0.310 e.